The van der Waals surface area contributed by atoms with Crippen LogP contribution in [0.25, 0.3) is 0 Å². The van der Waals surface area contributed by atoms with Crippen LogP contribution in [-0.2, 0) is 25.7 Å². The lowest BCUT2D eigenvalue weighted by atomic mass is 9.82. The van der Waals surface area contributed by atoms with Gasteiger partial charge in [-0.3, -0.25) is 14.5 Å². The Morgan fingerprint density at radius 1 is 1.04 bits per heavy atom. The molecule has 150 valence electrons. The SMILES string of the molecule is O=C(OCc1ccccc1)C1C(C(=O)N2CCN(CCO)CC2)[C@H]2C=C[C@H]1O2. The van der Waals surface area contributed by atoms with E-state index in [0.717, 1.165) is 18.7 Å². The van der Waals surface area contributed by atoms with E-state index in [0.29, 0.717) is 19.6 Å². The fourth-order valence-electron chi connectivity index (χ4n) is 4.25. The summed E-state index contributed by atoms with van der Waals surface area (Å²) in [5.41, 5.74) is 0.915. The molecule has 2 fully saturated rings. The first-order chi connectivity index (χ1) is 13.7. The molecule has 3 aliphatic heterocycles. The molecule has 1 aromatic carbocycles. The molecule has 0 saturated carbocycles. The average molecular weight is 386 g/mol. The third-order valence-corrected chi connectivity index (χ3v) is 5.78. The second-order valence-electron chi connectivity index (χ2n) is 7.49. The van der Waals surface area contributed by atoms with E-state index in [2.05, 4.69) is 4.90 Å². The highest BCUT2D eigenvalue weighted by atomic mass is 16.5. The first-order valence-electron chi connectivity index (χ1n) is 9.84. The predicted octanol–water partition coefficient (Wildman–Crippen LogP) is 0.436. The van der Waals surface area contributed by atoms with Crippen LogP contribution in [0.5, 0.6) is 0 Å². The quantitative estimate of drug-likeness (QED) is 0.565. The molecule has 2 saturated heterocycles. The Morgan fingerprint density at radius 3 is 2.39 bits per heavy atom. The van der Waals surface area contributed by atoms with E-state index in [9.17, 15) is 9.59 Å². The Morgan fingerprint density at radius 2 is 1.71 bits per heavy atom. The van der Waals surface area contributed by atoms with Crippen molar-refractivity contribution in [2.75, 3.05) is 39.3 Å². The monoisotopic (exact) mass is 386 g/mol. The molecule has 4 atom stereocenters. The number of ether oxygens (including phenoxy) is 2. The number of carbonyl (C=O) groups excluding carboxylic acids is 2. The van der Waals surface area contributed by atoms with Gasteiger partial charge in [-0.05, 0) is 5.56 Å². The summed E-state index contributed by atoms with van der Waals surface area (Å²) in [4.78, 5) is 29.9. The molecule has 0 radical (unpaired) electrons. The van der Waals surface area contributed by atoms with E-state index in [1.54, 1.807) is 0 Å². The Kier molecular flexibility index (Phi) is 5.75. The minimum absolute atomic E-state index is 0.0397. The van der Waals surface area contributed by atoms with Gasteiger partial charge in [0.2, 0.25) is 5.91 Å². The summed E-state index contributed by atoms with van der Waals surface area (Å²) < 4.78 is 11.4. The topological polar surface area (TPSA) is 79.3 Å². The highest BCUT2D eigenvalue weighted by molar-refractivity contribution is 5.88. The van der Waals surface area contributed by atoms with Gasteiger partial charge in [-0.25, -0.2) is 0 Å². The standard InChI is InChI=1S/C21H26N2O5/c24-13-12-22-8-10-23(11-9-22)20(25)18-16-6-7-17(28-16)19(18)21(26)27-14-15-4-2-1-3-5-15/h1-7,16-19,24H,8-14H2/t16-,17-,18?,19?/m1/s1. The smallest absolute Gasteiger partial charge is 0.313 e. The lowest BCUT2D eigenvalue weighted by Crippen LogP contribution is -2.53. The number of aliphatic hydroxyl groups is 1. The molecule has 1 aromatic rings. The third-order valence-electron chi connectivity index (χ3n) is 5.78. The normalized spacial score (nSPS) is 29.2. The second kappa shape index (κ2) is 8.43. The number of amides is 1. The number of fused-ring (bicyclic) bond motifs is 2. The summed E-state index contributed by atoms with van der Waals surface area (Å²) in [6.07, 6.45) is 3.00. The van der Waals surface area contributed by atoms with Crippen molar-refractivity contribution in [1.82, 2.24) is 9.80 Å². The molecule has 3 heterocycles. The zero-order chi connectivity index (χ0) is 19.5. The molecule has 28 heavy (non-hydrogen) atoms. The molecule has 3 aliphatic rings. The number of β-amino-alcohol motifs (C(OH)–C–C–N with tert-alkyl or cyclic N) is 1. The Bertz CT molecular complexity index is 730. The van der Waals surface area contributed by atoms with Crippen LogP contribution in [0.2, 0.25) is 0 Å². The number of esters is 1. The Labute approximate surface area is 164 Å². The van der Waals surface area contributed by atoms with Crippen LogP contribution < -0.4 is 0 Å². The van der Waals surface area contributed by atoms with Gasteiger partial charge in [0.15, 0.2) is 0 Å². The first-order valence-corrected chi connectivity index (χ1v) is 9.84. The van der Waals surface area contributed by atoms with Crippen molar-refractivity contribution in [1.29, 1.82) is 0 Å². The molecule has 7 heteroatoms. The first kappa shape index (κ1) is 19.1. The highest BCUT2D eigenvalue weighted by Gasteiger charge is 2.54. The summed E-state index contributed by atoms with van der Waals surface area (Å²) >= 11 is 0. The maximum absolute atomic E-state index is 13.2. The van der Waals surface area contributed by atoms with Crippen molar-refractivity contribution < 1.29 is 24.2 Å². The largest absolute Gasteiger partial charge is 0.460 e. The number of aliphatic hydroxyl groups excluding tert-OH is 1. The maximum Gasteiger partial charge on any atom is 0.313 e. The molecular weight excluding hydrogens is 360 g/mol. The highest BCUT2D eigenvalue weighted by Crippen LogP contribution is 2.41. The fraction of sp³-hybridized carbons (Fsp3) is 0.524. The molecular formula is C21H26N2O5. The number of rotatable bonds is 6. The van der Waals surface area contributed by atoms with Crippen LogP contribution in [0, 0.1) is 11.8 Å². The number of piperazine rings is 1. The predicted molar refractivity (Wildman–Crippen MR) is 101 cm³/mol. The van der Waals surface area contributed by atoms with Gasteiger partial charge in [0, 0.05) is 32.7 Å². The van der Waals surface area contributed by atoms with E-state index >= 15 is 0 Å². The molecule has 7 nitrogen and oxygen atoms in total. The number of hydrogen-bond acceptors (Lipinski definition) is 6. The number of carbonyl (C=O) groups is 2. The number of nitrogens with zero attached hydrogens (tertiary/aromatic N) is 2. The van der Waals surface area contributed by atoms with Gasteiger partial charge >= 0.3 is 5.97 Å². The van der Waals surface area contributed by atoms with Crippen molar-refractivity contribution in [3.63, 3.8) is 0 Å². The minimum Gasteiger partial charge on any atom is -0.460 e. The molecule has 0 spiro atoms. The van der Waals surface area contributed by atoms with Crippen molar-refractivity contribution in [2.24, 2.45) is 11.8 Å². The van der Waals surface area contributed by atoms with E-state index in [1.807, 2.05) is 47.4 Å². The van der Waals surface area contributed by atoms with Crippen LogP contribution >= 0.6 is 0 Å². The van der Waals surface area contributed by atoms with Crippen LogP contribution in [0.4, 0.5) is 0 Å². The van der Waals surface area contributed by atoms with Crippen molar-refractivity contribution in [3.05, 3.63) is 48.0 Å². The summed E-state index contributed by atoms with van der Waals surface area (Å²) in [5, 5.41) is 9.07. The molecule has 1 amide bonds. The molecule has 4 rings (SSSR count). The molecule has 2 bridgehead atoms. The molecule has 0 aromatic heterocycles. The number of hydrogen-bond donors (Lipinski definition) is 1. The molecule has 1 N–H and O–H groups in total. The van der Waals surface area contributed by atoms with Gasteiger partial charge in [-0.2, -0.15) is 0 Å². The van der Waals surface area contributed by atoms with Crippen molar-refractivity contribution >= 4 is 11.9 Å². The summed E-state index contributed by atoms with van der Waals surface area (Å²) in [7, 11) is 0. The minimum atomic E-state index is -0.596. The van der Waals surface area contributed by atoms with E-state index < -0.39 is 17.9 Å². The number of benzene rings is 1. The van der Waals surface area contributed by atoms with Crippen LogP contribution in [0.3, 0.4) is 0 Å². The molecule has 0 aliphatic carbocycles. The van der Waals surface area contributed by atoms with E-state index in [1.165, 1.54) is 0 Å². The van der Waals surface area contributed by atoms with Gasteiger partial charge in [0.25, 0.3) is 0 Å². The van der Waals surface area contributed by atoms with Gasteiger partial charge < -0.3 is 19.5 Å². The second-order valence-corrected chi connectivity index (χ2v) is 7.49. The maximum atomic E-state index is 13.2. The van der Waals surface area contributed by atoms with Crippen LogP contribution in [0.15, 0.2) is 42.5 Å². The fourth-order valence-corrected chi connectivity index (χ4v) is 4.25. The summed E-state index contributed by atoms with van der Waals surface area (Å²) in [6.45, 7) is 3.59. The van der Waals surface area contributed by atoms with Gasteiger partial charge in [0.1, 0.15) is 12.5 Å². The lowest BCUT2D eigenvalue weighted by molar-refractivity contribution is -0.156. The van der Waals surface area contributed by atoms with Crippen molar-refractivity contribution in [3.8, 4) is 0 Å². The Hall–Kier alpha value is -2.22. The van der Waals surface area contributed by atoms with Gasteiger partial charge in [0.05, 0.1) is 24.7 Å². The zero-order valence-corrected chi connectivity index (χ0v) is 15.8. The van der Waals surface area contributed by atoms with Crippen LogP contribution in [-0.4, -0.2) is 78.3 Å². The Balaban J connectivity index is 1.40. The van der Waals surface area contributed by atoms with Crippen molar-refractivity contribution in [2.45, 2.75) is 18.8 Å². The lowest BCUT2D eigenvalue weighted by Gasteiger charge is -2.37. The zero-order valence-electron chi connectivity index (χ0n) is 15.8. The van der Waals surface area contributed by atoms with Gasteiger partial charge in [-0.15, -0.1) is 0 Å². The average Bonchev–Trinajstić information content (AvgIpc) is 3.35. The van der Waals surface area contributed by atoms with E-state index in [4.69, 9.17) is 14.6 Å². The van der Waals surface area contributed by atoms with Crippen LogP contribution in [0.1, 0.15) is 5.56 Å². The molecule has 2 unspecified atom stereocenters. The van der Waals surface area contributed by atoms with Gasteiger partial charge in [-0.1, -0.05) is 42.5 Å². The summed E-state index contributed by atoms with van der Waals surface area (Å²) in [5.74, 6) is -1.54. The third kappa shape index (κ3) is 3.83. The summed E-state index contributed by atoms with van der Waals surface area (Å²) in [6, 6.07) is 9.51. The van der Waals surface area contributed by atoms with E-state index in [-0.39, 0.29) is 31.2 Å².